The maximum Gasteiger partial charge on any atom is 0.237 e. The van der Waals surface area contributed by atoms with Crippen LogP contribution in [0.5, 0.6) is 5.88 Å². The first-order valence-electron chi connectivity index (χ1n) is 17.4. The topological polar surface area (TPSA) is 125 Å². The zero-order valence-electron chi connectivity index (χ0n) is 29.3. The second-order valence-corrected chi connectivity index (χ2v) is 13.4. The van der Waals surface area contributed by atoms with Crippen LogP contribution in [0.1, 0.15) is 39.2 Å². The first-order chi connectivity index (χ1) is 24.7. The van der Waals surface area contributed by atoms with E-state index in [-0.39, 0.29) is 36.2 Å². The van der Waals surface area contributed by atoms with Gasteiger partial charge in [0.25, 0.3) is 0 Å². The van der Waals surface area contributed by atoms with Crippen molar-refractivity contribution in [2.24, 2.45) is 13.0 Å². The summed E-state index contributed by atoms with van der Waals surface area (Å²) in [7, 11) is 1.74. The number of nitrogens with one attached hydrogen (secondary N) is 1. The third-order valence-electron chi connectivity index (χ3n) is 9.53. The standard InChI is InChI=1S/C38H42FN9O3/c1-5-48(29-8-10-33-31(19-29)36(43-42-33)27-7-11-34(40-20-27)51-24(2)3)38(50)28-12-15-46(21-28)22-35(49)47-16-13-25(14-17-47)26-6-9-30(32(39)18-26)37-41-23-45(4)44-37/h6-11,13,18-20,23-24,28H,5,12,14-17,21-22H2,1-4H3,(H,42,43)/t28-/m1/s1. The van der Waals surface area contributed by atoms with Gasteiger partial charge in [-0.1, -0.05) is 12.1 Å². The number of amides is 2. The predicted molar refractivity (Wildman–Crippen MR) is 193 cm³/mol. The number of aromatic amines is 1. The highest BCUT2D eigenvalue weighted by Gasteiger charge is 2.33. The van der Waals surface area contributed by atoms with Gasteiger partial charge in [-0.15, -0.1) is 0 Å². The van der Waals surface area contributed by atoms with Crippen molar-refractivity contribution in [3.8, 4) is 28.5 Å². The summed E-state index contributed by atoms with van der Waals surface area (Å²) in [6, 6.07) is 14.8. The van der Waals surface area contributed by atoms with Crippen molar-refractivity contribution in [2.75, 3.05) is 44.2 Å². The Hall–Kier alpha value is -5.43. The average molecular weight is 692 g/mol. The summed E-state index contributed by atoms with van der Waals surface area (Å²) in [6.07, 6.45) is 6.65. The van der Waals surface area contributed by atoms with Gasteiger partial charge in [-0.05, 0) is 87.7 Å². The highest BCUT2D eigenvalue weighted by Crippen LogP contribution is 2.32. The number of halogens is 1. The molecule has 2 aromatic carbocycles. The van der Waals surface area contributed by atoms with Crippen LogP contribution in [-0.4, -0.2) is 96.9 Å². The van der Waals surface area contributed by atoms with Crippen LogP contribution in [0.25, 0.3) is 39.1 Å². The largest absolute Gasteiger partial charge is 0.475 e. The molecule has 51 heavy (non-hydrogen) atoms. The Kier molecular flexibility index (Phi) is 9.63. The number of ether oxygens (including phenoxy) is 1. The van der Waals surface area contributed by atoms with Gasteiger partial charge in [-0.25, -0.2) is 14.4 Å². The molecule has 0 aliphatic carbocycles. The van der Waals surface area contributed by atoms with Crippen LogP contribution < -0.4 is 9.64 Å². The molecule has 5 heterocycles. The number of pyridine rings is 1. The Bertz CT molecular complexity index is 2090. The Morgan fingerprint density at radius 3 is 2.61 bits per heavy atom. The van der Waals surface area contributed by atoms with Crippen molar-refractivity contribution in [3.63, 3.8) is 0 Å². The molecule has 2 aliphatic rings. The van der Waals surface area contributed by atoms with Gasteiger partial charge >= 0.3 is 0 Å². The first-order valence-corrected chi connectivity index (χ1v) is 17.4. The molecule has 1 saturated heterocycles. The molecule has 1 fully saturated rings. The number of likely N-dealkylation sites (tertiary alicyclic amines) is 1. The number of carbonyl (C=O) groups is 2. The van der Waals surface area contributed by atoms with Gasteiger partial charge in [0.15, 0.2) is 5.82 Å². The number of hydrogen-bond acceptors (Lipinski definition) is 8. The molecule has 12 nitrogen and oxygen atoms in total. The van der Waals surface area contributed by atoms with Gasteiger partial charge in [0.1, 0.15) is 17.8 Å². The number of hydrogen-bond donors (Lipinski definition) is 1. The van der Waals surface area contributed by atoms with Gasteiger partial charge in [-0.2, -0.15) is 10.2 Å². The van der Waals surface area contributed by atoms with Gasteiger partial charge in [0.2, 0.25) is 17.7 Å². The molecule has 264 valence electrons. The SMILES string of the molecule is CCN(C(=O)[C@@H]1CCN(CC(=O)N2CC=C(c3ccc(-c4ncn(C)n4)c(F)c3)CC2)C1)c1ccc2[nH]nc(-c3ccc(OC(C)C)nc3)c2c1. The Morgan fingerprint density at radius 1 is 1.08 bits per heavy atom. The zero-order chi connectivity index (χ0) is 35.6. The van der Waals surface area contributed by atoms with E-state index >= 15 is 0 Å². The number of fused-ring (bicyclic) bond motifs is 1. The molecule has 5 aromatic rings. The Labute approximate surface area is 295 Å². The molecule has 1 atom stereocenters. The van der Waals surface area contributed by atoms with E-state index in [1.165, 1.54) is 6.07 Å². The Balaban J connectivity index is 0.959. The molecule has 0 radical (unpaired) electrons. The summed E-state index contributed by atoms with van der Waals surface area (Å²) in [5, 5.41) is 12.7. The third kappa shape index (κ3) is 7.25. The predicted octanol–water partition coefficient (Wildman–Crippen LogP) is 5.34. The normalized spacial score (nSPS) is 16.5. The molecule has 0 bridgehead atoms. The smallest absolute Gasteiger partial charge is 0.237 e. The number of nitrogens with zero attached hydrogens (tertiary/aromatic N) is 8. The lowest BCUT2D eigenvalue weighted by atomic mass is 9.98. The lowest BCUT2D eigenvalue weighted by Gasteiger charge is -2.29. The van der Waals surface area contributed by atoms with Crippen LogP contribution in [0.15, 0.2) is 67.1 Å². The monoisotopic (exact) mass is 691 g/mol. The van der Waals surface area contributed by atoms with Gasteiger partial charge < -0.3 is 14.5 Å². The van der Waals surface area contributed by atoms with E-state index < -0.39 is 0 Å². The molecule has 0 saturated carbocycles. The summed E-state index contributed by atoms with van der Waals surface area (Å²) in [5.74, 6) is 0.410. The summed E-state index contributed by atoms with van der Waals surface area (Å²) in [6.45, 7) is 8.90. The third-order valence-corrected chi connectivity index (χ3v) is 9.53. The molecule has 0 unspecified atom stereocenters. The van der Waals surface area contributed by atoms with Crippen molar-refractivity contribution < 1.29 is 18.7 Å². The van der Waals surface area contributed by atoms with Crippen molar-refractivity contribution >= 4 is 34.0 Å². The first kappa shape index (κ1) is 34.0. The summed E-state index contributed by atoms with van der Waals surface area (Å²) in [5.41, 5.74) is 5.45. The van der Waals surface area contributed by atoms with E-state index in [4.69, 9.17) is 4.74 Å². The minimum absolute atomic E-state index is 0.0319. The van der Waals surface area contributed by atoms with Crippen molar-refractivity contribution in [3.05, 3.63) is 78.5 Å². The second kappa shape index (κ2) is 14.4. The lowest BCUT2D eigenvalue weighted by Crippen LogP contribution is -2.42. The number of aromatic nitrogens is 6. The van der Waals surface area contributed by atoms with Gasteiger partial charge in [-0.3, -0.25) is 24.3 Å². The van der Waals surface area contributed by atoms with E-state index in [2.05, 4.69) is 30.2 Å². The number of carbonyl (C=O) groups excluding carboxylic acids is 2. The zero-order valence-corrected chi connectivity index (χ0v) is 29.3. The minimum Gasteiger partial charge on any atom is -0.475 e. The van der Waals surface area contributed by atoms with E-state index in [0.717, 1.165) is 39.0 Å². The van der Waals surface area contributed by atoms with Crippen LogP contribution in [0.3, 0.4) is 0 Å². The molecular formula is C38H42FN9O3. The number of aryl methyl sites for hydroxylation is 1. The Morgan fingerprint density at radius 2 is 1.92 bits per heavy atom. The quantitative estimate of drug-likeness (QED) is 0.208. The molecule has 2 amide bonds. The fraction of sp³-hybridized carbons (Fsp3) is 0.368. The molecule has 2 aliphatic heterocycles. The number of rotatable bonds is 10. The number of benzene rings is 2. The molecule has 3 aromatic heterocycles. The molecule has 13 heteroatoms. The highest BCUT2D eigenvalue weighted by molar-refractivity contribution is 6.00. The number of anilines is 1. The van der Waals surface area contributed by atoms with Crippen LogP contribution in [0.4, 0.5) is 10.1 Å². The average Bonchev–Trinajstić information content (AvgIpc) is 3.89. The van der Waals surface area contributed by atoms with Crippen LogP contribution >= 0.6 is 0 Å². The van der Waals surface area contributed by atoms with Crippen molar-refractivity contribution in [1.29, 1.82) is 0 Å². The second-order valence-electron chi connectivity index (χ2n) is 13.4. The van der Waals surface area contributed by atoms with Crippen LogP contribution in [0.2, 0.25) is 0 Å². The van der Waals surface area contributed by atoms with E-state index in [9.17, 15) is 14.0 Å². The van der Waals surface area contributed by atoms with E-state index in [1.54, 1.807) is 30.3 Å². The van der Waals surface area contributed by atoms with E-state index in [0.29, 0.717) is 62.8 Å². The van der Waals surface area contributed by atoms with Crippen LogP contribution in [-0.2, 0) is 16.6 Å². The van der Waals surface area contributed by atoms with Crippen LogP contribution in [0, 0.1) is 11.7 Å². The molecule has 1 N–H and O–H groups in total. The highest BCUT2D eigenvalue weighted by atomic mass is 19.1. The van der Waals surface area contributed by atoms with Gasteiger partial charge in [0.05, 0.1) is 29.6 Å². The van der Waals surface area contributed by atoms with Crippen molar-refractivity contribution in [1.82, 2.24) is 39.7 Å². The fourth-order valence-corrected chi connectivity index (χ4v) is 6.89. The summed E-state index contributed by atoms with van der Waals surface area (Å²) in [4.78, 5) is 41.5. The fourth-order valence-electron chi connectivity index (χ4n) is 6.89. The summed E-state index contributed by atoms with van der Waals surface area (Å²) < 4.78 is 22.2. The van der Waals surface area contributed by atoms with Crippen molar-refractivity contribution in [2.45, 2.75) is 39.7 Å². The molecule has 7 rings (SSSR count). The maximum absolute atomic E-state index is 14.9. The molecule has 0 spiro atoms. The maximum atomic E-state index is 14.9. The van der Waals surface area contributed by atoms with E-state index in [1.807, 2.05) is 73.0 Å². The molecular weight excluding hydrogens is 649 g/mol. The minimum atomic E-state index is -0.374. The lowest BCUT2D eigenvalue weighted by molar-refractivity contribution is -0.132. The van der Waals surface area contributed by atoms with Gasteiger partial charge in [0, 0.05) is 62.1 Å². The number of H-pyrrole nitrogens is 1. The summed E-state index contributed by atoms with van der Waals surface area (Å²) >= 11 is 0.